The molecule has 0 amide bonds. The van der Waals surface area contributed by atoms with Crippen molar-refractivity contribution in [1.82, 2.24) is 0 Å². The monoisotopic (exact) mass is 336 g/mol. The Hall–Kier alpha value is -1.88. The summed E-state index contributed by atoms with van der Waals surface area (Å²) in [5.41, 5.74) is 0.534. The van der Waals surface area contributed by atoms with Gasteiger partial charge < -0.3 is 15.3 Å². The number of aryl methyl sites for hydroxylation is 1. The number of carbonyl (C=O) groups excluding carboxylic acids is 1. The number of aliphatic hydroxyl groups is 1. The molecule has 1 unspecified atom stereocenters. The molecule has 24 heavy (non-hydrogen) atoms. The molecule has 5 nitrogen and oxygen atoms in total. The number of aromatic carboxylic acids is 1. The summed E-state index contributed by atoms with van der Waals surface area (Å²) in [5, 5.41) is 28.1. The van der Waals surface area contributed by atoms with E-state index in [1.165, 1.54) is 6.07 Å². The predicted octanol–water partition coefficient (Wildman–Crippen LogP) is 3.56. The lowest BCUT2D eigenvalue weighted by Gasteiger charge is -2.14. The molecular weight excluding hydrogens is 308 g/mol. The summed E-state index contributed by atoms with van der Waals surface area (Å²) >= 11 is 0. The molecule has 1 rings (SSSR count). The summed E-state index contributed by atoms with van der Waals surface area (Å²) in [4.78, 5) is 22.8. The van der Waals surface area contributed by atoms with Gasteiger partial charge in [0.2, 0.25) is 0 Å². The van der Waals surface area contributed by atoms with E-state index >= 15 is 0 Å². The lowest BCUT2D eigenvalue weighted by Crippen LogP contribution is -2.18. The number of hydrogen-bond donors (Lipinski definition) is 3. The van der Waals surface area contributed by atoms with E-state index < -0.39 is 12.6 Å². The van der Waals surface area contributed by atoms with Crippen molar-refractivity contribution in [2.24, 2.45) is 5.92 Å². The van der Waals surface area contributed by atoms with Crippen LogP contribution in [0.5, 0.6) is 5.75 Å². The Kier molecular flexibility index (Phi) is 9.08. The first-order valence-corrected chi connectivity index (χ1v) is 8.69. The number of aliphatic hydroxyl groups excluding tert-OH is 1. The fraction of sp³-hybridized carbons (Fsp3) is 0.579. The molecule has 0 bridgehead atoms. The predicted molar refractivity (Wildman–Crippen MR) is 92.3 cm³/mol. The Labute approximate surface area is 143 Å². The molecule has 0 aliphatic rings. The molecule has 5 heteroatoms. The van der Waals surface area contributed by atoms with Gasteiger partial charge in [0.05, 0.1) is 0 Å². The molecule has 0 aliphatic carbocycles. The Balaban J connectivity index is 2.49. The number of benzene rings is 1. The second-order valence-corrected chi connectivity index (χ2v) is 6.18. The Morgan fingerprint density at radius 2 is 1.75 bits per heavy atom. The van der Waals surface area contributed by atoms with Gasteiger partial charge in [0.15, 0.2) is 5.78 Å². The number of phenols is 1. The number of para-hydroxylation sites is 1. The topological polar surface area (TPSA) is 94.8 Å². The lowest BCUT2D eigenvalue weighted by atomic mass is 9.91. The summed E-state index contributed by atoms with van der Waals surface area (Å²) in [6.45, 7) is 1.71. The summed E-state index contributed by atoms with van der Waals surface area (Å²) in [6.07, 6.45) is 6.86. The fourth-order valence-corrected chi connectivity index (χ4v) is 2.91. The zero-order valence-electron chi connectivity index (χ0n) is 14.3. The van der Waals surface area contributed by atoms with E-state index in [1.807, 2.05) is 0 Å². The van der Waals surface area contributed by atoms with Crippen LogP contribution in [-0.2, 0) is 11.2 Å². The van der Waals surface area contributed by atoms with E-state index in [0.717, 1.165) is 44.9 Å². The first-order chi connectivity index (χ1) is 11.5. The maximum absolute atomic E-state index is 11.8. The molecule has 0 heterocycles. The van der Waals surface area contributed by atoms with Gasteiger partial charge in [0.1, 0.15) is 17.9 Å². The van der Waals surface area contributed by atoms with Gasteiger partial charge in [-0.3, -0.25) is 4.79 Å². The third-order valence-electron chi connectivity index (χ3n) is 4.37. The highest BCUT2D eigenvalue weighted by atomic mass is 16.4. The first kappa shape index (κ1) is 20.2. The van der Waals surface area contributed by atoms with Gasteiger partial charge in [-0.15, -0.1) is 0 Å². The Morgan fingerprint density at radius 3 is 2.33 bits per heavy atom. The zero-order valence-corrected chi connectivity index (χ0v) is 14.3. The van der Waals surface area contributed by atoms with Gasteiger partial charge in [-0.2, -0.15) is 0 Å². The van der Waals surface area contributed by atoms with E-state index in [2.05, 4.69) is 6.92 Å². The number of carbonyl (C=O) groups is 2. The minimum atomic E-state index is -1.14. The molecule has 3 N–H and O–H groups in total. The van der Waals surface area contributed by atoms with Gasteiger partial charge in [0, 0.05) is 5.92 Å². The summed E-state index contributed by atoms with van der Waals surface area (Å²) in [5.74, 6) is -1.50. The highest BCUT2D eigenvalue weighted by Crippen LogP contribution is 2.25. The van der Waals surface area contributed by atoms with Crippen LogP contribution in [0, 0.1) is 5.92 Å². The van der Waals surface area contributed by atoms with Crippen molar-refractivity contribution in [2.75, 3.05) is 6.61 Å². The van der Waals surface area contributed by atoms with E-state index in [9.17, 15) is 14.7 Å². The van der Waals surface area contributed by atoms with Crippen molar-refractivity contribution in [2.45, 2.75) is 58.3 Å². The van der Waals surface area contributed by atoms with Gasteiger partial charge >= 0.3 is 5.97 Å². The number of carboxylic acid groups (broad SMARTS) is 1. The number of carboxylic acids is 1. The van der Waals surface area contributed by atoms with Crippen LogP contribution >= 0.6 is 0 Å². The number of ketones is 1. The molecule has 0 radical (unpaired) electrons. The molecule has 0 aromatic heterocycles. The number of aromatic hydroxyl groups is 1. The summed E-state index contributed by atoms with van der Waals surface area (Å²) in [7, 11) is 0. The molecule has 0 saturated heterocycles. The molecule has 1 aromatic rings. The van der Waals surface area contributed by atoms with Crippen LogP contribution in [0.2, 0.25) is 0 Å². The minimum absolute atomic E-state index is 0.0830. The third-order valence-corrected chi connectivity index (χ3v) is 4.37. The molecule has 134 valence electrons. The normalized spacial score (nSPS) is 12.1. The number of hydrogen-bond acceptors (Lipinski definition) is 4. The first-order valence-electron chi connectivity index (χ1n) is 8.69. The van der Waals surface area contributed by atoms with Crippen molar-refractivity contribution in [1.29, 1.82) is 0 Å². The van der Waals surface area contributed by atoms with Crippen molar-refractivity contribution in [3.63, 3.8) is 0 Å². The SMILES string of the molecule is CCCCCC(CCCCc1cccc(C(=O)O)c1O)C(=O)CO. The van der Waals surface area contributed by atoms with Crippen molar-refractivity contribution >= 4 is 11.8 Å². The van der Waals surface area contributed by atoms with E-state index in [1.54, 1.807) is 12.1 Å². The van der Waals surface area contributed by atoms with Crippen LogP contribution in [0.4, 0.5) is 0 Å². The van der Waals surface area contributed by atoms with Crippen LogP contribution < -0.4 is 0 Å². The van der Waals surface area contributed by atoms with Crippen molar-refractivity contribution in [3.8, 4) is 5.75 Å². The quantitative estimate of drug-likeness (QED) is 0.507. The van der Waals surface area contributed by atoms with Crippen LogP contribution in [0.25, 0.3) is 0 Å². The molecular formula is C19H28O5. The van der Waals surface area contributed by atoms with Crippen LogP contribution in [0.15, 0.2) is 18.2 Å². The molecule has 0 fully saturated rings. The fourth-order valence-electron chi connectivity index (χ4n) is 2.91. The highest BCUT2D eigenvalue weighted by Gasteiger charge is 2.17. The van der Waals surface area contributed by atoms with Crippen molar-refractivity contribution < 1.29 is 24.9 Å². The maximum Gasteiger partial charge on any atom is 0.339 e. The molecule has 0 saturated carbocycles. The number of unbranched alkanes of at least 4 members (excludes halogenated alkanes) is 3. The summed E-state index contributed by atoms with van der Waals surface area (Å²) < 4.78 is 0. The molecule has 1 atom stereocenters. The number of Topliss-reactive ketones (excluding diaryl/α,β-unsaturated/α-hetero) is 1. The standard InChI is InChI=1S/C19H28O5/c1-2-3-4-8-14(17(21)13-20)9-5-6-10-15-11-7-12-16(18(15)22)19(23)24/h7,11-12,14,20,22H,2-6,8-10,13H2,1H3,(H,23,24). The van der Waals surface area contributed by atoms with Gasteiger partial charge in [-0.05, 0) is 37.3 Å². The maximum atomic E-state index is 11.8. The largest absolute Gasteiger partial charge is 0.507 e. The highest BCUT2D eigenvalue weighted by molar-refractivity contribution is 5.91. The molecule has 0 spiro atoms. The second kappa shape index (κ2) is 10.8. The van der Waals surface area contributed by atoms with Crippen molar-refractivity contribution in [3.05, 3.63) is 29.3 Å². The Bertz CT molecular complexity index is 539. The molecule has 0 aliphatic heterocycles. The second-order valence-electron chi connectivity index (χ2n) is 6.18. The Morgan fingerprint density at radius 1 is 1.08 bits per heavy atom. The van der Waals surface area contributed by atoms with Crippen LogP contribution in [0.1, 0.15) is 67.8 Å². The smallest absolute Gasteiger partial charge is 0.339 e. The average molecular weight is 336 g/mol. The zero-order chi connectivity index (χ0) is 17.9. The van der Waals surface area contributed by atoms with Gasteiger partial charge in [-0.1, -0.05) is 44.7 Å². The summed E-state index contributed by atoms with van der Waals surface area (Å²) in [6, 6.07) is 4.73. The lowest BCUT2D eigenvalue weighted by molar-refractivity contribution is -0.126. The number of rotatable bonds is 12. The van der Waals surface area contributed by atoms with Crippen LogP contribution in [0.3, 0.4) is 0 Å². The van der Waals surface area contributed by atoms with Gasteiger partial charge in [0.25, 0.3) is 0 Å². The van der Waals surface area contributed by atoms with E-state index in [4.69, 9.17) is 10.2 Å². The minimum Gasteiger partial charge on any atom is -0.507 e. The molecule has 1 aromatic carbocycles. The van der Waals surface area contributed by atoms with Gasteiger partial charge in [-0.25, -0.2) is 4.79 Å². The van der Waals surface area contributed by atoms with E-state index in [-0.39, 0.29) is 23.0 Å². The third kappa shape index (κ3) is 6.32. The van der Waals surface area contributed by atoms with Crippen LogP contribution in [-0.4, -0.2) is 33.7 Å². The average Bonchev–Trinajstić information content (AvgIpc) is 2.57. The van der Waals surface area contributed by atoms with E-state index in [0.29, 0.717) is 12.0 Å².